The molecule has 0 atom stereocenters. The van der Waals surface area contributed by atoms with Crippen molar-refractivity contribution in [3.05, 3.63) is 23.3 Å². The van der Waals surface area contributed by atoms with Crippen LogP contribution in [0.5, 0.6) is 11.5 Å². The molecular weight excluding hydrogens is 216 g/mol. The highest BCUT2D eigenvalue weighted by molar-refractivity contribution is 5.46. The molecule has 96 valence electrons. The van der Waals surface area contributed by atoms with Gasteiger partial charge < -0.3 is 14.6 Å². The van der Waals surface area contributed by atoms with Crippen molar-refractivity contribution in [1.82, 2.24) is 0 Å². The minimum atomic E-state index is -0.664. The van der Waals surface area contributed by atoms with Gasteiger partial charge in [0, 0.05) is 0 Å². The van der Waals surface area contributed by atoms with E-state index in [4.69, 9.17) is 9.47 Å². The highest BCUT2D eigenvalue weighted by Gasteiger charge is 2.15. The zero-order chi connectivity index (χ0) is 13.1. The second-order valence-electron chi connectivity index (χ2n) is 4.95. The molecule has 1 N–H and O–H groups in total. The van der Waals surface area contributed by atoms with Crippen molar-refractivity contribution in [3.8, 4) is 11.5 Å². The van der Waals surface area contributed by atoms with Crippen LogP contribution in [-0.4, -0.2) is 24.9 Å². The summed E-state index contributed by atoms with van der Waals surface area (Å²) in [7, 11) is 3.32. The van der Waals surface area contributed by atoms with E-state index in [1.807, 2.05) is 32.9 Å². The molecule has 0 saturated carbocycles. The molecule has 1 aromatic carbocycles. The van der Waals surface area contributed by atoms with Crippen LogP contribution in [0.1, 0.15) is 31.4 Å². The largest absolute Gasteiger partial charge is 0.496 e. The van der Waals surface area contributed by atoms with Crippen molar-refractivity contribution in [2.45, 2.75) is 39.2 Å². The molecule has 0 aliphatic carbocycles. The first-order valence-electron chi connectivity index (χ1n) is 5.81. The minimum absolute atomic E-state index is 0.664. The second-order valence-corrected chi connectivity index (χ2v) is 4.95. The average molecular weight is 238 g/mol. The maximum Gasteiger partial charge on any atom is 0.122 e. The third-order valence-corrected chi connectivity index (χ3v) is 2.80. The van der Waals surface area contributed by atoms with E-state index in [0.717, 1.165) is 29.0 Å². The van der Waals surface area contributed by atoms with E-state index in [9.17, 15) is 5.11 Å². The van der Waals surface area contributed by atoms with Gasteiger partial charge in [-0.25, -0.2) is 0 Å². The molecular formula is C14H22O3. The van der Waals surface area contributed by atoms with E-state index in [1.54, 1.807) is 14.2 Å². The van der Waals surface area contributed by atoms with Gasteiger partial charge in [0.25, 0.3) is 0 Å². The monoisotopic (exact) mass is 238 g/mol. The first-order chi connectivity index (χ1) is 7.87. The van der Waals surface area contributed by atoms with E-state index in [2.05, 4.69) is 0 Å². The normalized spacial score (nSPS) is 11.4. The predicted molar refractivity (Wildman–Crippen MR) is 68.9 cm³/mol. The van der Waals surface area contributed by atoms with Crippen molar-refractivity contribution in [1.29, 1.82) is 0 Å². The fraction of sp³-hybridized carbons (Fsp3) is 0.571. The molecule has 3 nitrogen and oxygen atoms in total. The van der Waals surface area contributed by atoms with Crippen LogP contribution in [-0.2, 0) is 6.42 Å². The number of ether oxygens (including phenoxy) is 2. The van der Waals surface area contributed by atoms with Crippen LogP contribution >= 0.6 is 0 Å². The summed E-state index contributed by atoms with van der Waals surface area (Å²) in [5.41, 5.74) is 1.46. The van der Waals surface area contributed by atoms with E-state index >= 15 is 0 Å². The molecule has 0 spiro atoms. The summed E-state index contributed by atoms with van der Waals surface area (Å²) < 4.78 is 10.7. The van der Waals surface area contributed by atoms with E-state index in [1.165, 1.54) is 0 Å². The summed E-state index contributed by atoms with van der Waals surface area (Å²) in [5, 5.41) is 9.75. The van der Waals surface area contributed by atoms with Gasteiger partial charge in [0.05, 0.1) is 19.8 Å². The maximum absolute atomic E-state index is 9.75. The van der Waals surface area contributed by atoms with Crippen LogP contribution in [0.15, 0.2) is 12.1 Å². The second kappa shape index (κ2) is 5.41. The van der Waals surface area contributed by atoms with E-state index in [-0.39, 0.29) is 0 Å². The van der Waals surface area contributed by atoms with Crippen LogP contribution in [0, 0.1) is 6.92 Å². The quantitative estimate of drug-likeness (QED) is 0.857. The van der Waals surface area contributed by atoms with E-state index < -0.39 is 5.60 Å². The molecule has 3 heteroatoms. The summed E-state index contributed by atoms with van der Waals surface area (Å²) in [6, 6.07) is 3.96. The van der Waals surface area contributed by atoms with Gasteiger partial charge in [-0.3, -0.25) is 0 Å². The molecule has 0 aliphatic rings. The molecule has 1 rings (SSSR count). The van der Waals surface area contributed by atoms with Gasteiger partial charge >= 0.3 is 0 Å². The Kier molecular flexibility index (Phi) is 4.40. The lowest BCUT2D eigenvalue weighted by atomic mass is 9.97. The molecule has 0 aromatic heterocycles. The zero-order valence-corrected chi connectivity index (χ0v) is 11.3. The fourth-order valence-electron chi connectivity index (χ4n) is 1.75. The van der Waals surface area contributed by atoms with Crippen molar-refractivity contribution in [3.63, 3.8) is 0 Å². The summed E-state index contributed by atoms with van der Waals surface area (Å²) in [6.07, 6.45) is 1.46. The van der Waals surface area contributed by atoms with E-state index in [0.29, 0.717) is 6.42 Å². The third kappa shape index (κ3) is 3.93. The fourth-order valence-corrected chi connectivity index (χ4v) is 1.75. The summed E-state index contributed by atoms with van der Waals surface area (Å²) in [6.45, 7) is 5.61. The van der Waals surface area contributed by atoms with Gasteiger partial charge in [0.15, 0.2) is 0 Å². The summed E-state index contributed by atoms with van der Waals surface area (Å²) >= 11 is 0. The molecule has 0 fully saturated rings. The maximum atomic E-state index is 9.75. The minimum Gasteiger partial charge on any atom is -0.496 e. The number of aliphatic hydroxyl groups is 1. The van der Waals surface area contributed by atoms with Gasteiger partial charge in [-0.1, -0.05) is 0 Å². The lowest BCUT2D eigenvalue weighted by molar-refractivity contribution is 0.0712. The van der Waals surface area contributed by atoms with Crippen molar-refractivity contribution in [2.75, 3.05) is 14.2 Å². The zero-order valence-electron chi connectivity index (χ0n) is 11.3. The van der Waals surface area contributed by atoms with Gasteiger partial charge in [0.2, 0.25) is 0 Å². The first kappa shape index (κ1) is 13.8. The number of methoxy groups -OCH3 is 2. The molecule has 0 saturated heterocycles. The SMILES string of the molecule is COc1cc(CCC(C)(C)O)c(OC)cc1C. The van der Waals surface area contributed by atoms with Crippen molar-refractivity contribution in [2.24, 2.45) is 0 Å². The van der Waals surface area contributed by atoms with Crippen LogP contribution < -0.4 is 9.47 Å². The smallest absolute Gasteiger partial charge is 0.122 e. The van der Waals surface area contributed by atoms with Crippen LogP contribution in [0.2, 0.25) is 0 Å². The third-order valence-electron chi connectivity index (χ3n) is 2.80. The van der Waals surface area contributed by atoms with Gasteiger partial charge in [0.1, 0.15) is 11.5 Å². The van der Waals surface area contributed by atoms with Crippen molar-refractivity contribution >= 4 is 0 Å². The van der Waals surface area contributed by atoms with Crippen LogP contribution in [0.25, 0.3) is 0 Å². The van der Waals surface area contributed by atoms with Crippen LogP contribution in [0.4, 0.5) is 0 Å². The Balaban J connectivity index is 2.96. The van der Waals surface area contributed by atoms with Gasteiger partial charge in [-0.2, -0.15) is 0 Å². The highest BCUT2D eigenvalue weighted by Crippen LogP contribution is 2.30. The molecule has 0 bridgehead atoms. The molecule has 17 heavy (non-hydrogen) atoms. The Hall–Kier alpha value is -1.22. The number of hydrogen-bond acceptors (Lipinski definition) is 3. The Morgan fingerprint density at radius 1 is 1.12 bits per heavy atom. The van der Waals surface area contributed by atoms with Crippen molar-refractivity contribution < 1.29 is 14.6 Å². The number of benzene rings is 1. The number of aryl methyl sites for hydroxylation is 2. The summed E-state index contributed by atoms with van der Waals surface area (Å²) in [4.78, 5) is 0. The first-order valence-corrected chi connectivity index (χ1v) is 5.81. The molecule has 0 unspecified atom stereocenters. The Bertz CT molecular complexity index is 378. The van der Waals surface area contributed by atoms with Crippen LogP contribution in [0.3, 0.4) is 0 Å². The standard InChI is InChI=1S/C14H22O3/c1-10-8-13(17-5)11(9-12(10)16-4)6-7-14(2,3)15/h8-9,15H,6-7H2,1-5H3. The molecule has 0 amide bonds. The molecule has 0 radical (unpaired) electrons. The Morgan fingerprint density at radius 2 is 1.71 bits per heavy atom. The lowest BCUT2D eigenvalue weighted by Crippen LogP contribution is -2.19. The number of rotatable bonds is 5. The Labute approximate surface area is 103 Å². The topological polar surface area (TPSA) is 38.7 Å². The molecule has 0 aliphatic heterocycles. The highest BCUT2D eigenvalue weighted by atomic mass is 16.5. The van der Waals surface area contributed by atoms with Gasteiger partial charge in [-0.15, -0.1) is 0 Å². The lowest BCUT2D eigenvalue weighted by Gasteiger charge is -2.18. The number of hydrogen-bond donors (Lipinski definition) is 1. The average Bonchev–Trinajstić information content (AvgIpc) is 2.25. The molecule has 0 heterocycles. The summed E-state index contributed by atoms with van der Waals surface area (Å²) in [5.74, 6) is 1.71. The Morgan fingerprint density at radius 3 is 2.18 bits per heavy atom. The predicted octanol–water partition coefficient (Wildman–Crippen LogP) is 2.72. The molecule has 1 aromatic rings. The van der Waals surface area contributed by atoms with Gasteiger partial charge in [-0.05, 0) is 56.9 Å².